The molecule has 0 heterocycles. The lowest BCUT2D eigenvalue weighted by atomic mass is 10.9. The molecule has 0 bridgehead atoms. The summed E-state index contributed by atoms with van der Waals surface area (Å²) in [4.78, 5) is 11.8. The molecule has 3 heteroatoms. The maximum Gasteiger partial charge on any atom is 0.345 e. The molecule has 2 nitrogen and oxygen atoms in total. The topological polar surface area (TPSA) is 26.3 Å². The van der Waals surface area contributed by atoms with Gasteiger partial charge in [0.25, 0.3) is 0 Å². The second-order valence-electron chi connectivity index (χ2n) is 0.569. The van der Waals surface area contributed by atoms with Crippen LogP contribution >= 0.6 is 0 Å². The molecule has 44 valence electrons. The van der Waals surface area contributed by atoms with Gasteiger partial charge in [0.1, 0.15) is 0 Å². The summed E-state index contributed by atoms with van der Waals surface area (Å²) in [6, 6.07) is 0. The normalized spacial score (nSPS) is 5.71. The molecule has 0 aliphatic carbocycles. The van der Waals surface area contributed by atoms with Crippen molar-refractivity contribution in [3.05, 3.63) is 0 Å². The van der Waals surface area contributed by atoms with E-state index in [9.17, 15) is 9.32 Å². The highest BCUT2D eigenvalue weighted by Crippen LogP contribution is 1.69. The van der Waals surface area contributed by atoms with Crippen molar-refractivity contribution in [3.63, 3.8) is 0 Å². The lowest BCUT2D eigenvalue weighted by Crippen LogP contribution is -1.83. The van der Waals surface area contributed by atoms with E-state index < -0.39 is 5.97 Å². The van der Waals surface area contributed by atoms with Gasteiger partial charge in [-0.05, 0) is 0 Å². The molecule has 0 radical (unpaired) electrons. The van der Waals surface area contributed by atoms with Crippen LogP contribution in [0.15, 0.2) is 0 Å². The maximum absolute atomic E-state index is 10.3. The fourth-order valence-electron chi connectivity index (χ4n) is 0. The Bertz CT molecular complexity index is 45.0. The predicted molar refractivity (Wildman–Crippen MR) is 24.2 cm³/mol. The summed E-state index contributed by atoms with van der Waals surface area (Å²) in [5, 5.41) is 0. The first kappa shape index (κ1) is 9.64. The SMILES string of the molecule is CC.CC(=O)OF. The Morgan fingerprint density at radius 3 is 1.71 bits per heavy atom. The van der Waals surface area contributed by atoms with Gasteiger partial charge in [0, 0.05) is 11.4 Å². The third-order valence-electron chi connectivity index (χ3n) is 0.109. The van der Waals surface area contributed by atoms with E-state index in [-0.39, 0.29) is 0 Å². The van der Waals surface area contributed by atoms with E-state index >= 15 is 0 Å². The molecule has 0 N–H and O–H groups in total. The number of carbonyl (C=O) groups excluding carboxylic acids is 1. The molecule has 0 aliphatic heterocycles. The number of hydrogen-bond acceptors (Lipinski definition) is 2. The predicted octanol–water partition coefficient (Wildman–Crippen LogP) is 1.46. The van der Waals surface area contributed by atoms with Gasteiger partial charge < -0.3 is 0 Å². The molecule has 0 aromatic rings. The third-order valence-corrected chi connectivity index (χ3v) is 0.109. The molecule has 0 saturated heterocycles. The van der Waals surface area contributed by atoms with E-state index in [0.29, 0.717) is 0 Å². The van der Waals surface area contributed by atoms with Gasteiger partial charge in [-0.1, -0.05) is 13.8 Å². The molecule has 0 aliphatic rings. The Morgan fingerprint density at radius 2 is 1.71 bits per heavy atom. The smallest absolute Gasteiger partial charge is 0.255 e. The minimum atomic E-state index is -0.912. The molecule has 0 unspecified atom stereocenters. The lowest BCUT2D eigenvalue weighted by Gasteiger charge is -1.71. The van der Waals surface area contributed by atoms with Crippen LogP contribution in [0.4, 0.5) is 4.53 Å². The third kappa shape index (κ3) is 31.8. The van der Waals surface area contributed by atoms with Crippen LogP contribution in [0, 0.1) is 0 Å². The Morgan fingerprint density at radius 1 is 1.57 bits per heavy atom. The molecule has 7 heavy (non-hydrogen) atoms. The van der Waals surface area contributed by atoms with Crippen molar-refractivity contribution < 1.29 is 14.3 Å². The van der Waals surface area contributed by atoms with Crippen molar-refractivity contribution in [2.24, 2.45) is 0 Å². The van der Waals surface area contributed by atoms with Crippen LogP contribution in [0.25, 0.3) is 0 Å². The molecule has 0 atom stereocenters. The average Bonchev–Trinajstić information content (AvgIpc) is 1.73. The summed E-state index contributed by atoms with van der Waals surface area (Å²) >= 11 is 0. The van der Waals surface area contributed by atoms with Gasteiger partial charge in [0.2, 0.25) is 0 Å². The van der Waals surface area contributed by atoms with Gasteiger partial charge >= 0.3 is 5.97 Å². The van der Waals surface area contributed by atoms with Crippen LogP contribution in [0.1, 0.15) is 20.8 Å². The first-order valence-corrected chi connectivity index (χ1v) is 2.06. The molecule has 0 spiro atoms. The zero-order valence-electron chi connectivity index (χ0n) is 4.69. The first-order chi connectivity index (χ1) is 3.27. The number of carbonyl (C=O) groups is 1. The molecular weight excluding hydrogens is 99.0 g/mol. The fourth-order valence-corrected chi connectivity index (χ4v) is 0. The summed E-state index contributed by atoms with van der Waals surface area (Å²) in [5.41, 5.74) is 0. The number of hydrogen-bond donors (Lipinski definition) is 0. The number of halogens is 1. The minimum Gasteiger partial charge on any atom is -0.255 e. The Kier molecular flexibility index (Phi) is 12.5. The fraction of sp³-hybridized carbons (Fsp3) is 0.750. The van der Waals surface area contributed by atoms with Crippen LogP contribution in [0.5, 0.6) is 0 Å². The van der Waals surface area contributed by atoms with E-state index in [4.69, 9.17) is 0 Å². The minimum absolute atomic E-state index is 0.912. The largest absolute Gasteiger partial charge is 0.345 e. The second kappa shape index (κ2) is 9.04. The van der Waals surface area contributed by atoms with Crippen LogP contribution < -0.4 is 0 Å². The Labute approximate surface area is 42.2 Å². The van der Waals surface area contributed by atoms with E-state index in [1.54, 1.807) is 0 Å². The number of rotatable bonds is 0. The zero-order valence-corrected chi connectivity index (χ0v) is 4.69. The summed E-state index contributed by atoms with van der Waals surface area (Å²) in [6.45, 7) is 4.99. The Hall–Kier alpha value is -0.600. The van der Waals surface area contributed by atoms with E-state index in [2.05, 4.69) is 4.94 Å². The molecular formula is C4H9FO2. The highest BCUT2D eigenvalue weighted by Gasteiger charge is 1.81. The molecule has 0 amide bonds. The lowest BCUT2D eigenvalue weighted by molar-refractivity contribution is -0.180. The van der Waals surface area contributed by atoms with Gasteiger partial charge in [-0.15, -0.1) is 0 Å². The quantitative estimate of drug-likeness (QED) is 0.469. The maximum atomic E-state index is 10.3. The van der Waals surface area contributed by atoms with Crippen LogP contribution in [-0.2, 0) is 9.74 Å². The van der Waals surface area contributed by atoms with Gasteiger partial charge in [-0.3, -0.25) is 4.94 Å². The van der Waals surface area contributed by atoms with Crippen molar-refractivity contribution in [1.82, 2.24) is 0 Å². The molecule has 0 aromatic carbocycles. The standard InChI is InChI=1S/C2H3FO2.C2H6/c1-2(4)5-3;1-2/h1H3;1-2H3. The van der Waals surface area contributed by atoms with Gasteiger partial charge in [-0.2, -0.15) is 0 Å². The van der Waals surface area contributed by atoms with Crippen molar-refractivity contribution in [1.29, 1.82) is 0 Å². The van der Waals surface area contributed by atoms with Crippen molar-refractivity contribution in [2.75, 3.05) is 0 Å². The summed E-state index contributed by atoms with van der Waals surface area (Å²) in [7, 11) is 0. The van der Waals surface area contributed by atoms with Crippen molar-refractivity contribution in [3.8, 4) is 0 Å². The van der Waals surface area contributed by atoms with Crippen LogP contribution in [0.2, 0.25) is 0 Å². The molecule has 0 saturated carbocycles. The summed E-state index contributed by atoms with van der Waals surface area (Å²) in [5.74, 6) is -0.912. The van der Waals surface area contributed by atoms with Crippen molar-refractivity contribution >= 4 is 5.97 Å². The van der Waals surface area contributed by atoms with Gasteiger partial charge in [0.05, 0.1) is 0 Å². The van der Waals surface area contributed by atoms with Crippen molar-refractivity contribution in [2.45, 2.75) is 20.8 Å². The molecule has 0 fully saturated rings. The van der Waals surface area contributed by atoms with Gasteiger partial charge in [-0.25, -0.2) is 4.79 Å². The first-order valence-electron chi connectivity index (χ1n) is 2.06. The average molecular weight is 108 g/mol. The highest BCUT2D eigenvalue weighted by atomic mass is 19.3. The summed E-state index contributed by atoms with van der Waals surface area (Å²) < 4.78 is 10.3. The molecule has 0 aromatic heterocycles. The van der Waals surface area contributed by atoms with Gasteiger partial charge in [0.15, 0.2) is 0 Å². The monoisotopic (exact) mass is 108 g/mol. The van der Waals surface area contributed by atoms with E-state index in [1.165, 1.54) is 0 Å². The second-order valence-corrected chi connectivity index (χ2v) is 0.569. The molecule has 0 rings (SSSR count). The van der Waals surface area contributed by atoms with Crippen LogP contribution in [-0.4, -0.2) is 5.97 Å². The summed E-state index contributed by atoms with van der Waals surface area (Å²) in [6.07, 6.45) is 0. The highest BCUT2D eigenvalue weighted by molar-refractivity contribution is 5.64. The Balaban J connectivity index is 0. The van der Waals surface area contributed by atoms with E-state index in [1.807, 2.05) is 13.8 Å². The zero-order chi connectivity index (χ0) is 6.28. The van der Waals surface area contributed by atoms with Crippen LogP contribution in [0.3, 0.4) is 0 Å². The van der Waals surface area contributed by atoms with E-state index in [0.717, 1.165) is 6.92 Å².